The lowest BCUT2D eigenvalue weighted by Gasteiger charge is -2.04. The Balaban J connectivity index is 2.15. The van der Waals surface area contributed by atoms with Crippen molar-refractivity contribution in [3.05, 3.63) is 67.0 Å². The van der Waals surface area contributed by atoms with Crippen molar-refractivity contribution in [1.82, 2.24) is 15.0 Å². The van der Waals surface area contributed by atoms with E-state index < -0.39 is 15.0 Å². The minimum absolute atomic E-state index is 0.0830. The maximum absolute atomic E-state index is 12.5. The summed E-state index contributed by atoms with van der Waals surface area (Å²) in [7, 11) is -3.87. The summed E-state index contributed by atoms with van der Waals surface area (Å²) >= 11 is 0. The van der Waals surface area contributed by atoms with Crippen LogP contribution in [0.1, 0.15) is 1.37 Å². The van der Waals surface area contributed by atoms with Crippen molar-refractivity contribution in [3.63, 3.8) is 0 Å². The highest BCUT2D eigenvalue weighted by atomic mass is 32.2. The predicted octanol–water partition coefficient (Wildman–Crippen LogP) is 2.37. The molecule has 21 heavy (non-hydrogen) atoms. The summed E-state index contributed by atoms with van der Waals surface area (Å²) in [5.74, 6) is 0.162. The van der Waals surface area contributed by atoms with Crippen molar-refractivity contribution in [1.29, 1.82) is 0 Å². The second-order valence-corrected chi connectivity index (χ2v) is 6.07. The molecule has 0 spiro atoms. The second-order valence-electron chi connectivity index (χ2n) is 4.22. The lowest BCUT2D eigenvalue weighted by molar-refractivity contribution is 0.586. The number of nitrogens with zero attached hydrogens (tertiary/aromatic N) is 3. The number of aromatic nitrogens is 3. The molecule has 0 aliphatic heterocycles. The molecular formula is C15H11N3O2S. The SMILES string of the molecule is [2H]c1nc(-c2ccccc2)nc(S(=O)(=O)c2ccccc2)n1. The Morgan fingerprint density at radius 1 is 0.857 bits per heavy atom. The van der Waals surface area contributed by atoms with E-state index in [0.717, 1.165) is 0 Å². The highest BCUT2D eigenvalue weighted by molar-refractivity contribution is 7.91. The molecule has 3 rings (SSSR count). The zero-order valence-corrected chi connectivity index (χ0v) is 11.7. The maximum atomic E-state index is 12.5. The first-order valence-corrected chi connectivity index (χ1v) is 7.64. The Kier molecular flexibility index (Phi) is 3.14. The molecule has 6 heteroatoms. The van der Waals surface area contributed by atoms with E-state index in [-0.39, 0.29) is 17.0 Å². The van der Waals surface area contributed by atoms with Crippen LogP contribution in [0.3, 0.4) is 0 Å². The van der Waals surface area contributed by atoms with E-state index in [1.165, 1.54) is 12.1 Å². The average molecular weight is 298 g/mol. The maximum Gasteiger partial charge on any atom is 0.255 e. The van der Waals surface area contributed by atoms with Gasteiger partial charge in [-0.05, 0) is 12.1 Å². The standard InChI is InChI=1S/C15H11N3O2S/c19-21(20,13-9-5-2-6-10-13)15-17-11-16-14(18-15)12-7-3-1-4-8-12/h1-11H/i11D. The molecule has 3 aromatic rings. The van der Waals surface area contributed by atoms with Crippen LogP contribution in [0.15, 0.2) is 77.0 Å². The quantitative estimate of drug-likeness (QED) is 0.742. The van der Waals surface area contributed by atoms with Gasteiger partial charge in [-0.1, -0.05) is 48.5 Å². The lowest BCUT2D eigenvalue weighted by atomic mass is 10.2. The van der Waals surface area contributed by atoms with Crippen LogP contribution in [-0.4, -0.2) is 23.4 Å². The summed E-state index contributed by atoms with van der Waals surface area (Å²) in [4.78, 5) is 11.7. The molecule has 0 N–H and O–H groups in total. The van der Waals surface area contributed by atoms with Gasteiger partial charge in [-0.3, -0.25) is 0 Å². The van der Waals surface area contributed by atoms with E-state index in [2.05, 4.69) is 15.0 Å². The number of benzene rings is 2. The number of rotatable bonds is 3. The Morgan fingerprint density at radius 2 is 1.48 bits per heavy atom. The molecule has 104 valence electrons. The van der Waals surface area contributed by atoms with Gasteiger partial charge < -0.3 is 0 Å². The molecule has 0 radical (unpaired) electrons. The summed E-state index contributed by atoms with van der Waals surface area (Å²) in [5.41, 5.74) is 0.628. The third-order valence-electron chi connectivity index (χ3n) is 2.83. The average Bonchev–Trinajstić information content (AvgIpc) is 2.56. The second kappa shape index (κ2) is 5.41. The zero-order chi connectivity index (χ0) is 15.6. The van der Waals surface area contributed by atoms with Crippen LogP contribution in [0.4, 0.5) is 0 Å². The number of hydrogen-bond acceptors (Lipinski definition) is 5. The van der Waals surface area contributed by atoms with Crippen molar-refractivity contribution in [3.8, 4) is 11.4 Å². The Morgan fingerprint density at radius 3 is 2.14 bits per heavy atom. The minimum Gasteiger partial charge on any atom is -0.216 e. The molecule has 1 heterocycles. The van der Waals surface area contributed by atoms with Crippen LogP contribution in [-0.2, 0) is 9.84 Å². The van der Waals surface area contributed by atoms with E-state index in [4.69, 9.17) is 1.37 Å². The monoisotopic (exact) mass is 298 g/mol. The lowest BCUT2D eigenvalue weighted by Crippen LogP contribution is -2.08. The fourth-order valence-electron chi connectivity index (χ4n) is 1.80. The van der Waals surface area contributed by atoms with E-state index in [1.807, 2.05) is 6.07 Å². The summed E-state index contributed by atoms with van der Waals surface area (Å²) in [6.45, 7) is 0. The van der Waals surface area contributed by atoms with Gasteiger partial charge in [0.2, 0.25) is 9.84 Å². The van der Waals surface area contributed by atoms with Crippen molar-refractivity contribution < 1.29 is 9.79 Å². The molecule has 2 aromatic carbocycles. The molecule has 0 atom stereocenters. The first-order valence-electron chi connectivity index (χ1n) is 6.65. The van der Waals surface area contributed by atoms with Gasteiger partial charge in [0.25, 0.3) is 5.16 Å². The van der Waals surface area contributed by atoms with Crippen LogP contribution in [0.2, 0.25) is 0 Å². The largest absolute Gasteiger partial charge is 0.255 e. The molecule has 0 aliphatic carbocycles. The molecule has 0 fully saturated rings. The van der Waals surface area contributed by atoms with Crippen LogP contribution in [0, 0.1) is 0 Å². The van der Waals surface area contributed by atoms with Gasteiger partial charge in [0, 0.05) is 5.56 Å². The van der Waals surface area contributed by atoms with E-state index in [0.29, 0.717) is 5.56 Å². The van der Waals surface area contributed by atoms with E-state index in [1.54, 1.807) is 42.5 Å². The smallest absolute Gasteiger partial charge is 0.216 e. The van der Waals surface area contributed by atoms with Gasteiger partial charge in [0.1, 0.15) is 7.67 Å². The van der Waals surface area contributed by atoms with Crippen molar-refractivity contribution in [2.45, 2.75) is 10.1 Å². The zero-order valence-electron chi connectivity index (χ0n) is 11.8. The van der Waals surface area contributed by atoms with Crippen LogP contribution in [0.5, 0.6) is 0 Å². The Labute approximate surface area is 123 Å². The van der Waals surface area contributed by atoms with E-state index >= 15 is 0 Å². The minimum atomic E-state index is -3.87. The first kappa shape index (κ1) is 12.2. The molecule has 0 aliphatic rings. The summed E-state index contributed by atoms with van der Waals surface area (Å²) in [6, 6.07) is 16.8. The van der Waals surface area contributed by atoms with Crippen molar-refractivity contribution in [2.24, 2.45) is 0 Å². The van der Waals surface area contributed by atoms with Crippen molar-refractivity contribution >= 4 is 9.84 Å². The van der Waals surface area contributed by atoms with Gasteiger partial charge in [0.15, 0.2) is 5.82 Å². The predicted molar refractivity (Wildman–Crippen MR) is 77.2 cm³/mol. The van der Waals surface area contributed by atoms with Crippen LogP contribution >= 0.6 is 0 Å². The fourth-order valence-corrected chi connectivity index (χ4v) is 2.89. The fraction of sp³-hybridized carbons (Fsp3) is 0. The third-order valence-corrected chi connectivity index (χ3v) is 4.39. The molecule has 1 aromatic heterocycles. The van der Waals surface area contributed by atoms with Gasteiger partial charge >= 0.3 is 0 Å². The molecule has 0 saturated carbocycles. The molecule has 0 amide bonds. The topological polar surface area (TPSA) is 72.8 Å². The third kappa shape index (κ3) is 2.66. The number of sulfone groups is 1. The van der Waals surface area contributed by atoms with E-state index in [9.17, 15) is 8.42 Å². The van der Waals surface area contributed by atoms with Gasteiger partial charge in [-0.25, -0.2) is 18.4 Å². The van der Waals surface area contributed by atoms with Gasteiger partial charge in [-0.15, -0.1) is 0 Å². The molecular weight excluding hydrogens is 286 g/mol. The summed E-state index contributed by atoms with van der Waals surface area (Å²) in [5, 5.41) is -0.419. The molecule has 0 unspecified atom stereocenters. The van der Waals surface area contributed by atoms with Crippen LogP contribution in [0.25, 0.3) is 11.4 Å². The summed E-state index contributed by atoms with van der Waals surface area (Å²) in [6.07, 6.45) is -0.386. The van der Waals surface area contributed by atoms with Gasteiger partial charge in [0.05, 0.1) is 4.90 Å². The summed E-state index contributed by atoms with van der Waals surface area (Å²) < 4.78 is 32.7. The number of hydrogen-bond donors (Lipinski definition) is 0. The molecule has 0 bridgehead atoms. The van der Waals surface area contributed by atoms with Crippen LogP contribution < -0.4 is 0 Å². The highest BCUT2D eigenvalue weighted by Gasteiger charge is 2.21. The Hall–Kier alpha value is -2.60. The first-order chi connectivity index (χ1) is 10.6. The van der Waals surface area contributed by atoms with Gasteiger partial charge in [-0.2, -0.15) is 4.98 Å². The normalized spacial score (nSPS) is 11.9. The van der Waals surface area contributed by atoms with Crippen molar-refractivity contribution in [2.75, 3.05) is 0 Å². The Bertz CT molecular complexity index is 901. The highest BCUT2D eigenvalue weighted by Crippen LogP contribution is 2.19. The molecule has 0 saturated heterocycles. The molecule has 5 nitrogen and oxygen atoms in total.